The molecule has 2 aliphatic heterocycles. The Morgan fingerprint density at radius 3 is 2.04 bits per heavy atom. The first kappa shape index (κ1) is 37.2. The van der Waals surface area contributed by atoms with E-state index in [1.807, 2.05) is 19.1 Å². The van der Waals surface area contributed by atoms with E-state index in [-0.39, 0.29) is 11.5 Å². The van der Waals surface area contributed by atoms with Gasteiger partial charge in [-0.2, -0.15) is 26.3 Å². The van der Waals surface area contributed by atoms with E-state index in [0.717, 1.165) is 58.4 Å². The predicted octanol–water partition coefficient (Wildman–Crippen LogP) is 7.96. The number of aromatic amines is 1. The number of nitrogens with one attached hydrogen (secondary N) is 1. The van der Waals surface area contributed by atoms with Gasteiger partial charge in [0, 0.05) is 41.3 Å². The number of rotatable bonds is 4. The molecule has 0 spiro atoms. The average Bonchev–Trinajstić information content (AvgIpc) is 3.43. The summed E-state index contributed by atoms with van der Waals surface area (Å²) in [6, 6.07) is 11.1. The molecular formula is C35H33Cl2F6N5O2. The van der Waals surface area contributed by atoms with E-state index in [0.29, 0.717) is 43.2 Å². The number of amides is 2. The minimum absolute atomic E-state index is 0.0703. The van der Waals surface area contributed by atoms with Crippen LogP contribution in [-0.2, 0) is 34.9 Å². The van der Waals surface area contributed by atoms with E-state index in [4.69, 9.17) is 34.7 Å². The summed E-state index contributed by atoms with van der Waals surface area (Å²) in [6.07, 6.45) is -5.57. The molecule has 0 bridgehead atoms. The van der Waals surface area contributed by atoms with Gasteiger partial charge < -0.3 is 26.3 Å². The Morgan fingerprint density at radius 1 is 0.800 bits per heavy atom. The summed E-state index contributed by atoms with van der Waals surface area (Å²) in [5.74, 6) is -0.704. The third-order valence-electron chi connectivity index (χ3n) is 8.68. The number of hydrogen-bond donors (Lipinski definition) is 3. The molecule has 4 aromatic rings. The van der Waals surface area contributed by atoms with Crippen molar-refractivity contribution in [2.24, 2.45) is 11.5 Å². The molecule has 50 heavy (non-hydrogen) atoms. The standard InChI is InChI=1S/C20H16Cl2F3N3O.C15H17F3N2O/c21-11-2-4-16-13(8-11)12-5-6-28(9-17(12)27-16)19(29)18(26)10-1-3-15(22)14(7-10)20(23,24)25;1-10-3-2-8-20(9-10)14(21)13(19)11-4-6-12(7-5-11)15(16,17)18/h1-4,7-8,18,27H,5-6,9,26H2;3-7,13H,2,8-9,19H2,1H3. The molecule has 2 unspecified atom stereocenters. The fourth-order valence-corrected chi connectivity index (χ4v) is 6.41. The SMILES string of the molecule is CC1=CCCN(C(=O)C(N)c2ccc(C(F)(F)F)cc2)C1.NC(C(=O)N1CCc2c([nH]c3ccc(Cl)cc23)C1)c1ccc(Cl)c(C(F)(F)F)c1. The number of H-pyrrole nitrogens is 1. The lowest BCUT2D eigenvalue weighted by Gasteiger charge is -2.29. The van der Waals surface area contributed by atoms with Gasteiger partial charge in [0.05, 0.1) is 22.7 Å². The first-order chi connectivity index (χ1) is 23.4. The molecule has 0 fully saturated rings. The van der Waals surface area contributed by atoms with Crippen LogP contribution >= 0.6 is 23.2 Å². The fraction of sp³-hybridized carbons (Fsp3) is 0.314. The van der Waals surface area contributed by atoms with Crippen molar-refractivity contribution >= 4 is 45.9 Å². The summed E-state index contributed by atoms with van der Waals surface area (Å²) in [5, 5.41) is 1.21. The van der Waals surface area contributed by atoms with Gasteiger partial charge in [-0.25, -0.2) is 0 Å². The Labute approximate surface area is 293 Å². The number of nitrogens with zero attached hydrogens (tertiary/aromatic N) is 2. The number of halogens is 8. The van der Waals surface area contributed by atoms with Crippen molar-refractivity contribution in [2.45, 2.75) is 50.7 Å². The summed E-state index contributed by atoms with van der Waals surface area (Å²) >= 11 is 11.7. The van der Waals surface area contributed by atoms with Gasteiger partial charge >= 0.3 is 12.4 Å². The molecule has 15 heteroatoms. The molecule has 6 rings (SSSR count). The molecule has 0 saturated heterocycles. The van der Waals surface area contributed by atoms with E-state index in [1.54, 1.807) is 15.9 Å². The summed E-state index contributed by atoms with van der Waals surface area (Å²) in [7, 11) is 0. The van der Waals surface area contributed by atoms with E-state index >= 15 is 0 Å². The molecule has 0 aliphatic carbocycles. The van der Waals surface area contributed by atoms with Gasteiger partial charge in [-0.1, -0.05) is 53.1 Å². The van der Waals surface area contributed by atoms with Crippen molar-refractivity contribution in [3.05, 3.63) is 116 Å². The minimum atomic E-state index is -4.62. The van der Waals surface area contributed by atoms with Crippen LogP contribution in [0.2, 0.25) is 10.0 Å². The Kier molecular flexibility index (Phi) is 10.9. The lowest BCUT2D eigenvalue weighted by molar-refractivity contribution is -0.138. The number of fused-ring (bicyclic) bond motifs is 3. The van der Waals surface area contributed by atoms with Crippen molar-refractivity contribution in [3.63, 3.8) is 0 Å². The molecule has 0 saturated carbocycles. The van der Waals surface area contributed by atoms with Crippen LogP contribution in [0.5, 0.6) is 0 Å². The van der Waals surface area contributed by atoms with Gasteiger partial charge in [-0.15, -0.1) is 0 Å². The molecule has 5 N–H and O–H groups in total. The lowest BCUT2D eigenvalue weighted by atomic mass is 10.00. The van der Waals surface area contributed by atoms with Gasteiger partial charge in [0.1, 0.15) is 12.1 Å². The number of nitrogens with two attached hydrogens (primary N) is 2. The molecule has 0 radical (unpaired) electrons. The van der Waals surface area contributed by atoms with Gasteiger partial charge in [-0.3, -0.25) is 9.59 Å². The minimum Gasteiger partial charge on any atom is -0.357 e. The van der Waals surface area contributed by atoms with Gasteiger partial charge in [0.2, 0.25) is 11.8 Å². The Balaban J connectivity index is 0.000000205. The van der Waals surface area contributed by atoms with Crippen molar-refractivity contribution in [3.8, 4) is 0 Å². The number of alkyl halides is 6. The normalized spacial score (nSPS) is 16.3. The third-order valence-corrected chi connectivity index (χ3v) is 9.24. The summed E-state index contributed by atoms with van der Waals surface area (Å²) in [4.78, 5) is 31.6. The molecule has 3 aromatic carbocycles. The number of carbonyl (C=O) groups is 2. The molecule has 2 atom stereocenters. The fourth-order valence-electron chi connectivity index (χ4n) is 6.01. The zero-order chi connectivity index (χ0) is 36.5. The first-order valence-electron chi connectivity index (χ1n) is 15.5. The van der Waals surface area contributed by atoms with Crippen LogP contribution in [0.4, 0.5) is 26.3 Å². The third kappa shape index (κ3) is 8.28. The number of hydrogen-bond acceptors (Lipinski definition) is 4. The maximum atomic E-state index is 13.1. The van der Waals surface area contributed by atoms with Crippen LogP contribution in [0.1, 0.15) is 58.9 Å². The molecule has 3 heterocycles. The zero-order valence-corrected chi connectivity index (χ0v) is 28.1. The van der Waals surface area contributed by atoms with Crippen LogP contribution in [0.15, 0.2) is 72.3 Å². The van der Waals surface area contributed by atoms with Crippen LogP contribution < -0.4 is 11.5 Å². The number of benzene rings is 3. The molecule has 266 valence electrons. The van der Waals surface area contributed by atoms with Crippen LogP contribution in [-0.4, -0.2) is 46.2 Å². The quantitative estimate of drug-likeness (QED) is 0.146. The second-order valence-corrected chi connectivity index (χ2v) is 13.0. The maximum absolute atomic E-state index is 13.1. The van der Waals surface area contributed by atoms with E-state index in [2.05, 4.69) is 11.1 Å². The predicted molar refractivity (Wildman–Crippen MR) is 179 cm³/mol. The molecule has 7 nitrogen and oxygen atoms in total. The Bertz CT molecular complexity index is 1920. The highest BCUT2D eigenvalue weighted by Crippen LogP contribution is 2.37. The molecule has 1 aromatic heterocycles. The van der Waals surface area contributed by atoms with E-state index in [9.17, 15) is 35.9 Å². The topological polar surface area (TPSA) is 108 Å². The molecular weight excluding hydrogens is 707 g/mol. The maximum Gasteiger partial charge on any atom is 0.417 e. The summed E-state index contributed by atoms with van der Waals surface area (Å²) < 4.78 is 76.8. The largest absolute Gasteiger partial charge is 0.417 e. The van der Waals surface area contributed by atoms with Crippen molar-refractivity contribution in [1.29, 1.82) is 0 Å². The van der Waals surface area contributed by atoms with Gasteiger partial charge in [0.25, 0.3) is 0 Å². The highest BCUT2D eigenvalue weighted by molar-refractivity contribution is 6.31. The van der Waals surface area contributed by atoms with Crippen LogP contribution in [0.3, 0.4) is 0 Å². The molecule has 2 aliphatic rings. The Hall–Kier alpha value is -4.04. The monoisotopic (exact) mass is 739 g/mol. The van der Waals surface area contributed by atoms with Gasteiger partial charge in [0.15, 0.2) is 0 Å². The van der Waals surface area contributed by atoms with E-state index < -0.39 is 46.5 Å². The van der Waals surface area contributed by atoms with Crippen LogP contribution in [0, 0.1) is 0 Å². The first-order valence-corrected chi connectivity index (χ1v) is 16.3. The zero-order valence-electron chi connectivity index (χ0n) is 26.6. The number of aromatic nitrogens is 1. The molecule has 2 amide bonds. The van der Waals surface area contributed by atoms with Crippen molar-refractivity contribution < 1.29 is 35.9 Å². The average molecular weight is 741 g/mol. The number of carbonyl (C=O) groups excluding carboxylic acids is 2. The second kappa shape index (κ2) is 14.7. The lowest BCUT2D eigenvalue weighted by Crippen LogP contribution is -2.41. The summed E-state index contributed by atoms with van der Waals surface area (Å²) in [5.41, 5.74) is 14.6. The van der Waals surface area contributed by atoms with Crippen molar-refractivity contribution in [1.82, 2.24) is 14.8 Å². The Morgan fingerprint density at radius 2 is 1.42 bits per heavy atom. The second-order valence-electron chi connectivity index (χ2n) is 12.2. The van der Waals surface area contributed by atoms with Gasteiger partial charge in [-0.05, 0) is 78.9 Å². The summed E-state index contributed by atoms with van der Waals surface area (Å²) in [6.45, 7) is 3.76. The van der Waals surface area contributed by atoms with E-state index in [1.165, 1.54) is 18.2 Å². The highest BCUT2D eigenvalue weighted by Gasteiger charge is 2.35. The van der Waals surface area contributed by atoms with Crippen molar-refractivity contribution in [2.75, 3.05) is 19.6 Å². The highest BCUT2D eigenvalue weighted by atomic mass is 35.5. The smallest absolute Gasteiger partial charge is 0.357 e. The van der Waals surface area contributed by atoms with Crippen LogP contribution in [0.25, 0.3) is 10.9 Å².